The molecular weight excluding hydrogens is 354 g/mol. The molecule has 0 aliphatic carbocycles. The second kappa shape index (κ2) is 7.93. The van der Waals surface area contributed by atoms with E-state index in [1.54, 1.807) is 38.3 Å². The molecule has 2 saturated heterocycles. The number of esters is 1. The maximum atomic E-state index is 12.2. The lowest BCUT2D eigenvalue weighted by Gasteiger charge is -2.34. The van der Waals surface area contributed by atoms with Crippen molar-refractivity contribution in [3.8, 4) is 5.75 Å². The van der Waals surface area contributed by atoms with Crippen LogP contribution in [0, 0.1) is 5.92 Å². The molecule has 3 rings (SSSR count). The van der Waals surface area contributed by atoms with Crippen LogP contribution in [0.3, 0.4) is 0 Å². The molecule has 0 spiro atoms. The molecule has 0 aromatic heterocycles. The predicted octanol–water partition coefficient (Wildman–Crippen LogP) is 0.482. The van der Waals surface area contributed by atoms with E-state index in [0.717, 1.165) is 0 Å². The van der Waals surface area contributed by atoms with Crippen LogP contribution in [0.2, 0.25) is 0 Å². The third-order valence-corrected chi connectivity index (χ3v) is 4.74. The number of benzene rings is 1. The molecule has 9 nitrogen and oxygen atoms in total. The number of urea groups is 1. The van der Waals surface area contributed by atoms with Gasteiger partial charge in [-0.1, -0.05) is 6.92 Å². The first-order chi connectivity index (χ1) is 12.9. The summed E-state index contributed by atoms with van der Waals surface area (Å²) in [7, 11) is 1.54. The van der Waals surface area contributed by atoms with Crippen LogP contribution < -0.4 is 15.8 Å². The van der Waals surface area contributed by atoms with Gasteiger partial charge in [-0.25, -0.2) is 9.59 Å². The molecule has 0 bridgehead atoms. The monoisotopic (exact) mass is 377 g/mol. The first kappa shape index (κ1) is 19.1. The second-order valence-corrected chi connectivity index (χ2v) is 6.70. The average Bonchev–Trinajstić information content (AvgIpc) is 3.03. The van der Waals surface area contributed by atoms with Gasteiger partial charge in [0.1, 0.15) is 24.7 Å². The summed E-state index contributed by atoms with van der Waals surface area (Å²) < 4.78 is 16.2. The lowest BCUT2D eigenvalue weighted by atomic mass is 10.1. The minimum Gasteiger partial charge on any atom is -0.497 e. The number of ether oxygens (including phenoxy) is 3. The molecule has 27 heavy (non-hydrogen) atoms. The van der Waals surface area contributed by atoms with E-state index < -0.39 is 24.3 Å². The van der Waals surface area contributed by atoms with Gasteiger partial charge in [-0.05, 0) is 24.3 Å². The van der Waals surface area contributed by atoms with E-state index in [4.69, 9.17) is 19.9 Å². The summed E-state index contributed by atoms with van der Waals surface area (Å²) in [6.45, 7) is 1.98. The maximum absolute atomic E-state index is 12.2. The van der Waals surface area contributed by atoms with Crippen LogP contribution in [0.4, 0.5) is 4.79 Å². The van der Waals surface area contributed by atoms with Crippen LogP contribution in [0.15, 0.2) is 24.3 Å². The fraction of sp³-hybridized carbons (Fsp3) is 0.500. The Labute approximate surface area is 156 Å². The molecule has 4 atom stereocenters. The Morgan fingerprint density at radius 2 is 2.04 bits per heavy atom. The van der Waals surface area contributed by atoms with Gasteiger partial charge in [-0.2, -0.15) is 0 Å². The lowest BCUT2D eigenvalue weighted by Crippen LogP contribution is -2.57. The van der Waals surface area contributed by atoms with Crippen LogP contribution in [0.5, 0.6) is 5.75 Å². The van der Waals surface area contributed by atoms with Crippen LogP contribution in [-0.2, 0) is 14.3 Å². The van der Waals surface area contributed by atoms with Crippen molar-refractivity contribution in [1.29, 1.82) is 0 Å². The number of carbonyl (C=O) groups is 3. The Balaban J connectivity index is 1.54. The summed E-state index contributed by atoms with van der Waals surface area (Å²) in [4.78, 5) is 37.2. The van der Waals surface area contributed by atoms with E-state index in [1.807, 2.05) is 0 Å². The number of imide groups is 1. The van der Waals surface area contributed by atoms with Crippen LogP contribution in [0.1, 0.15) is 23.7 Å². The largest absolute Gasteiger partial charge is 0.497 e. The number of amides is 3. The summed E-state index contributed by atoms with van der Waals surface area (Å²) in [5.41, 5.74) is 6.48. The summed E-state index contributed by atoms with van der Waals surface area (Å²) in [6, 6.07) is 5.67. The number of methoxy groups -OCH3 is 1. The van der Waals surface area contributed by atoms with E-state index in [-0.39, 0.29) is 31.0 Å². The van der Waals surface area contributed by atoms with Crippen LogP contribution in [0.25, 0.3) is 0 Å². The van der Waals surface area contributed by atoms with Gasteiger partial charge < -0.3 is 19.9 Å². The molecule has 9 heteroatoms. The average molecular weight is 377 g/mol. The number of carbonyl (C=O) groups excluding carboxylic acids is 3. The normalized spacial score (nSPS) is 28.0. The fourth-order valence-corrected chi connectivity index (χ4v) is 3.08. The standard InChI is InChI=1S/C18H23N3O6/c1-10-8-21(18(24)20-16(10)22)15-7-13(19)14(27-15)9-26-17(23)11-3-5-12(25-2)6-4-11/h3-6,10,13-15H,7-9,19H2,1-2H3,(H,20,22,24)/t10?,13-,14+,15+/m0/s1. The second-order valence-electron chi connectivity index (χ2n) is 6.70. The summed E-state index contributed by atoms with van der Waals surface area (Å²) >= 11 is 0. The molecule has 2 aliphatic heterocycles. The summed E-state index contributed by atoms with van der Waals surface area (Å²) in [5.74, 6) is -0.479. The van der Waals surface area contributed by atoms with Crippen molar-refractivity contribution in [2.45, 2.75) is 31.7 Å². The maximum Gasteiger partial charge on any atom is 0.338 e. The van der Waals surface area contributed by atoms with E-state index in [9.17, 15) is 14.4 Å². The molecular formula is C18H23N3O6. The van der Waals surface area contributed by atoms with Crippen molar-refractivity contribution in [2.75, 3.05) is 20.3 Å². The zero-order valence-electron chi connectivity index (χ0n) is 15.2. The van der Waals surface area contributed by atoms with Gasteiger partial charge in [-0.3, -0.25) is 15.0 Å². The molecule has 0 saturated carbocycles. The summed E-state index contributed by atoms with van der Waals surface area (Å²) in [6.07, 6.45) is -0.683. The molecule has 1 aromatic carbocycles. The first-order valence-electron chi connectivity index (χ1n) is 8.72. The van der Waals surface area contributed by atoms with Crippen molar-refractivity contribution < 1.29 is 28.6 Å². The Morgan fingerprint density at radius 3 is 2.70 bits per heavy atom. The zero-order chi connectivity index (χ0) is 19.6. The quantitative estimate of drug-likeness (QED) is 0.716. The number of hydrogen-bond donors (Lipinski definition) is 2. The van der Waals surface area contributed by atoms with Crippen LogP contribution >= 0.6 is 0 Å². The predicted molar refractivity (Wildman–Crippen MR) is 93.9 cm³/mol. The molecule has 3 N–H and O–H groups in total. The molecule has 2 fully saturated rings. The highest BCUT2D eigenvalue weighted by atomic mass is 16.6. The van der Waals surface area contributed by atoms with Crippen molar-refractivity contribution in [3.63, 3.8) is 0 Å². The smallest absolute Gasteiger partial charge is 0.338 e. The third kappa shape index (κ3) is 4.20. The molecule has 0 radical (unpaired) electrons. The minimum absolute atomic E-state index is 0.0214. The zero-order valence-corrected chi connectivity index (χ0v) is 15.2. The number of nitrogens with zero attached hydrogens (tertiary/aromatic N) is 1. The molecule has 2 heterocycles. The number of rotatable bonds is 5. The summed E-state index contributed by atoms with van der Waals surface area (Å²) in [5, 5.41) is 2.30. The topological polar surface area (TPSA) is 120 Å². The van der Waals surface area contributed by atoms with Gasteiger partial charge in [0.05, 0.1) is 18.6 Å². The Morgan fingerprint density at radius 1 is 1.33 bits per heavy atom. The van der Waals surface area contributed by atoms with Crippen molar-refractivity contribution in [1.82, 2.24) is 10.2 Å². The van der Waals surface area contributed by atoms with E-state index in [2.05, 4.69) is 5.32 Å². The molecule has 2 aliphatic rings. The molecule has 146 valence electrons. The van der Waals surface area contributed by atoms with Gasteiger partial charge in [0.2, 0.25) is 5.91 Å². The Hall–Kier alpha value is -2.65. The SMILES string of the molecule is COc1ccc(C(=O)OC[C@H]2O[C@@H](N3CC(C)C(=O)NC3=O)C[C@@H]2N)cc1. The lowest BCUT2D eigenvalue weighted by molar-refractivity contribution is -0.128. The molecule has 1 unspecified atom stereocenters. The third-order valence-electron chi connectivity index (χ3n) is 4.74. The van der Waals surface area contributed by atoms with Gasteiger partial charge in [0.15, 0.2) is 0 Å². The Kier molecular flexibility index (Phi) is 5.62. The highest BCUT2D eigenvalue weighted by Gasteiger charge is 2.42. The van der Waals surface area contributed by atoms with Crippen molar-refractivity contribution in [2.24, 2.45) is 11.7 Å². The highest BCUT2D eigenvalue weighted by Crippen LogP contribution is 2.25. The van der Waals surface area contributed by atoms with Crippen LogP contribution in [-0.4, -0.2) is 61.4 Å². The number of nitrogens with two attached hydrogens (primary N) is 1. The van der Waals surface area contributed by atoms with E-state index in [1.165, 1.54) is 4.90 Å². The molecule has 1 aromatic rings. The van der Waals surface area contributed by atoms with Gasteiger partial charge in [-0.15, -0.1) is 0 Å². The van der Waals surface area contributed by atoms with Crippen molar-refractivity contribution >= 4 is 17.9 Å². The van der Waals surface area contributed by atoms with E-state index in [0.29, 0.717) is 17.7 Å². The number of hydrogen-bond acceptors (Lipinski definition) is 7. The fourth-order valence-electron chi connectivity index (χ4n) is 3.08. The highest BCUT2D eigenvalue weighted by molar-refractivity contribution is 5.97. The van der Waals surface area contributed by atoms with Gasteiger partial charge in [0.25, 0.3) is 0 Å². The van der Waals surface area contributed by atoms with Gasteiger partial charge in [0, 0.05) is 19.0 Å². The first-order valence-corrected chi connectivity index (χ1v) is 8.72. The minimum atomic E-state index is -0.555. The Bertz CT molecular complexity index is 722. The molecule has 3 amide bonds. The van der Waals surface area contributed by atoms with E-state index >= 15 is 0 Å². The number of nitrogens with one attached hydrogen (secondary N) is 1. The van der Waals surface area contributed by atoms with Crippen molar-refractivity contribution in [3.05, 3.63) is 29.8 Å². The van der Waals surface area contributed by atoms with Gasteiger partial charge >= 0.3 is 12.0 Å².